The smallest absolute Gasteiger partial charge is 0.339 e. The van der Waals surface area contributed by atoms with Crippen LogP contribution in [0.2, 0.25) is 0 Å². The quantitative estimate of drug-likeness (QED) is 0.657. The van der Waals surface area contributed by atoms with Crippen molar-refractivity contribution in [1.82, 2.24) is 9.97 Å². The minimum atomic E-state index is -0.410. The van der Waals surface area contributed by atoms with E-state index in [4.69, 9.17) is 5.73 Å². The predicted octanol–water partition coefficient (Wildman–Crippen LogP) is 0.932. The summed E-state index contributed by atoms with van der Waals surface area (Å²) in [6.07, 6.45) is 3.08. The molecule has 0 unspecified atom stereocenters. The number of hydrogen-bond acceptors (Lipinski definition) is 4. The number of aromatic nitrogens is 2. The van der Waals surface area contributed by atoms with Crippen molar-refractivity contribution in [3.05, 3.63) is 24.0 Å². The van der Waals surface area contributed by atoms with Gasteiger partial charge in [0.25, 0.3) is 0 Å². The lowest BCUT2D eigenvalue weighted by Gasteiger charge is -1.98. The highest BCUT2D eigenvalue weighted by Crippen LogP contribution is 2.18. The van der Waals surface area contributed by atoms with E-state index in [1.54, 1.807) is 12.3 Å². The molecule has 0 saturated heterocycles. The second kappa shape index (κ2) is 3.02. The fourth-order valence-corrected chi connectivity index (χ4v) is 1.26. The Kier molecular flexibility index (Phi) is 1.85. The number of esters is 1. The molecule has 0 saturated carbocycles. The van der Waals surface area contributed by atoms with Crippen molar-refractivity contribution in [1.29, 1.82) is 0 Å². The van der Waals surface area contributed by atoms with Crippen LogP contribution in [-0.4, -0.2) is 23.0 Å². The first-order chi connectivity index (χ1) is 6.72. The SMILES string of the molecule is COC(=O)c1cnc2c(N)c[nH]c2c1. The molecule has 0 atom stereocenters. The number of carbonyl (C=O) groups excluding carboxylic acids is 1. The van der Waals surface area contributed by atoms with E-state index in [0.717, 1.165) is 5.52 Å². The van der Waals surface area contributed by atoms with Crippen LogP contribution < -0.4 is 5.73 Å². The summed E-state index contributed by atoms with van der Waals surface area (Å²) in [4.78, 5) is 18.1. The number of pyridine rings is 1. The Morgan fingerprint density at radius 3 is 3.14 bits per heavy atom. The van der Waals surface area contributed by atoms with Gasteiger partial charge in [0.2, 0.25) is 0 Å². The molecular formula is C9H9N3O2. The topological polar surface area (TPSA) is 81.0 Å². The normalized spacial score (nSPS) is 10.4. The van der Waals surface area contributed by atoms with Gasteiger partial charge in [-0.05, 0) is 6.07 Å². The summed E-state index contributed by atoms with van der Waals surface area (Å²) < 4.78 is 4.57. The number of carbonyl (C=O) groups is 1. The van der Waals surface area contributed by atoms with E-state index < -0.39 is 5.97 Å². The molecule has 0 fully saturated rings. The molecule has 0 amide bonds. The maximum atomic E-state index is 11.2. The third-order valence-electron chi connectivity index (χ3n) is 1.97. The zero-order valence-electron chi connectivity index (χ0n) is 7.57. The standard InChI is InChI=1S/C9H9N3O2/c1-14-9(13)5-2-7-8(12-3-5)6(10)4-11-7/h2-4,11H,10H2,1H3. The van der Waals surface area contributed by atoms with Crippen molar-refractivity contribution in [2.24, 2.45) is 0 Å². The number of H-pyrrole nitrogens is 1. The van der Waals surface area contributed by atoms with E-state index in [2.05, 4.69) is 14.7 Å². The van der Waals surface area contributed by atoms with Crippen LogP contribution in [0.5, 0.6) is 0 Å². The number of ether oxygens (including phenoxy) is 1. The van der Waals surface area contributed by atoms with Crippen LogP contribution in [-0.2, 0) is 4.74 Å². The Bertz CT molecular complexity index is 490. The monoisotopic (exact) mass is 191 g/mol. The molecule has 0 aromatic carbocycles. The minimum Gasteiger partial charge on any atom is -0.465 e. The summed E-state index contributed by atoms with van der Waals surface area (Å²) in [5.74, 6) is -0.410. The van der Waals surface area contributed by atoms with Crippen LogP contribution in [0, 0.1) is 0 Å². The molecule has 72 valence electrons. The Morgan fingerprint density at radius 1 is 1.64 bits per heavy atom. The number of nitrogen functional groups attached to an aromatic ring is 1. The van der Waals surface area contributed by atoms with Crippen molar-refractivity contribution < 1.29 is 9.53 Å². The van der Waals surface area contributed by atoms with E-state index in [1.807, 2.05) is 0 Å². The lowest BCUT2D eigenvalue weighted by molar-refractivity contribution is 0.0600. The first kappa shape index (κ1) is 8.55. The summed E-state index contributed by atoms with van der Waals surface area (Å²) >= 11 is 0. The number of methoxy groups -OCH3 is 1. The van der Waals surface area contributed by atoms with Crippen molar-refractivity contribution in [3.8, 4) is 0 Å². The van der Waals surface area contributed by atoms with Gasteiger partial charge < -0.3 is 15.5 Å². The Hall–Kier alpha value is -2.04. The highest BCUT2D eigenvalue weighted by Gasteiger charge is 2.08. The van der Waals surface area contributed by atoms with Crippen molar-refractivity contribution in [2.75, 3.05) is 12.8 Å². The Labute approximate surface area is 79.9 Å². The highest BCUT2D eigenvalue weighted by atomic mass is 16.5. The summed E-state index contributed by atoms with van der Waals surface area (Å²) in [6, 6.07) is 1.66. The maximum absolute atomic E-state index is 11.2. The second-order valence-corrected chi connectivity index (χ2v) is 2.86. The van der Waals surface area contributed by atoms with Crippen LogP contribution in [0.3, 0.4) is 0 Å². The fraction of sp³-hybridized carbons (Fsp3) is 0.111. The van der Waals surface area contributed by atoms with Gasteiger partial charge in [0.05, 0.1) is 23.9 Å². The van der Waals surface area contributed by atoms with Crippen LogP contribution in [0.4, 0.5) is 5.69 Å². The zero-order chi connectivity index (χ0) is 10.1. The summed E-state index contributed by atoms with van der Waals surface area (Å²) in [7, 11) is 1.33. The summed E-state index contributed by atoms with van der Waals surface area (Å²) in [5.41, 5.74) is 7.99. The molecule has 2 rings (SSSR count). The number of aromatic amines is 1. The summed E-state index contributed by atoms with van der Waals surface area (Å²) in [6.45, 7) is 0. The zero-order valence-corrected chi connectivity index (χ0v) is 7.57. The van der Waals surface area contributed by atoms with Gasteiger partial charge in [0.1, 0.15) is 5.52 Å². The van der Waals surface area contributed by atoms with Crippen LogP contribution >= 0.6 is 0 Å². The van der Waals surface area contributed by atoms with E-state index >= 15 is 0 Å². The van der Waals surface area contributed by atoms with E-state index in [1.165, 1.54) is 13.3 Å². The maximum Gasteiger partial charge on any atom is 0.339 e. The van der Waals surface area contributed by atoms with E-state index in [0.29, 0.717) is 16.8 Å². The van der Waals surface area contributed by atoms with E-state index in [-0.39, 0.29) is 0 Å². The second-order valence-electron chi connectivity index (χ2n) is 2.86. The average molecular weight is 191 g/mol. The molecule has 0 aliphatic rings. The number of anilines is 1. The first-order valence-corrected chi connectivity index (χ1v) is 4.03. The first-order valence-electron chi connectivity index (χ1n) is 4.03. The van der Waals surface area contributed by atoms with Crippen molar-refractivity contribution in [3.63, 3.8) is 0 Å². The number of fused-ring (bicyclic) bond motifs is 1. The summed E-state index contributed by atoms with van der Waals surface area (Å²) in [5, 5.41) is 0. The van der Waals surface area contributed by atoms with Gasteiger partial charge in [-0.1, -0.05) is 0 Å². The molecule has 0 aliphatic carbocycles. The molecule has 0 radical (unpaired) electrons. The van der Waals surface area contributed by atoms with Crippen LogP contribution in [0.15, 0.2) is 18.5 Å². The molecule has 2 heterocycles. The third kappa shape index (κ3) is 1.19. The Morgan fingerprint density at radius 2 is 2.43 bits per heavy atom. The van der Waals surface area contributed by atoms with Gasteiger partial charge in [-0.2, -0.15) is 0 Å². The molecule has 2 aromatic heterocycles. The van der Waals surface area contributed by atoms with Crippen LogP contribution in [0.25, 0.3) is 11.0 Å². The molecule has 5 heteroatoms. The molecule has 14 heavy (non-hydrogen) atoms. The predicted molar refractivity (Wildman–Crippen MR) is 51.8 cm³/mol. The molecule has 2 aromatic rings. The van der Waals surface area contributed by atoms with Gasteiger partial charge in [-0.3, -0.25) is 4.98 Å². The van der Waals surface area contributed by atoms with Gasteiger partial charge in [-0.25, -0.2) is 4.79 Å². The molecule has 0 aliphatic heterocycles. The van der Waals surface area contributed by atoms with E-state index in [9.17, 15) is 4.79 Å². The molecule has 0 bridgehead atoms. The van der Waals surface area contributed by atoms with Crippen LogP contribution in [0.1, 0.15) is 10.4 Å². The number of nitrogens with zero attached hydrogens (tertiary/aromatic N) is 1. The number of nitrogens with one attached hydrogen (secondary N) is 1. The molecular weight excluding hydrogens is 182 g/mol. The number of rotatable bonds is 1. The molecule has 5 nitrogen and oxygen atoms in total. The number of hydrogen-bond donors (Lipinski definition) is 2. The fourth-order valence-electron chi connectivity index (χ4n) is 1.26. The molecule has 0 spiro atoms. The van der Waals surface area contributed by atoms with Gasteiger partial charge in [-0.15, -0.1) is 0 Å². The Balaban J connectivity index is 2.57. The minimum absolute atomic E-state index is 0.404. The van der Waals surface area contributed by atoms with Gasteiger partial charge in [0.15, 0.2) is 0 Å². The highest BCUT2D eigenvalue weighted by molar-refractivity contribution is 5.95. The van der Waals surface area contributed by atoms with Crippen molar-refractivity contribution >= 4 is 22.7 Å². The average Bonchev–Trinajstić information content (AvgIpc) is 2.59. The van der Waals surface area contributed by atoms with Gasteiger partial charge >= 0.3 is 5.97 Å². The lowest BCUT2D eigenvalue weighted by atomic mass is 10.2. The lowest BCUT2D eigenvalue weighted by Crippen LogP contribution is -2.01. The van der Waals surface area contributed by atoms with Gasteiger partial charge in [0, 0.05) is 12.4 Å². The largest absolute Gasteiger partial charge is 0.465 e. The third-order valence-corrected chi connectivity index (χ3v) is 1.97. The van der Waals surface area contributed by atoms with Crippen molar-refractivity contribution in [2.45, 2.75) is 0 Å². The number of nitrogens with two attached hydrogens (primary N) is 1. The molecule has 3 N–H and O–H groups in total.